The van der Waals surface area contributed by atoms with Gasteiger partial charge in [0.05, 0.1) is 30.5 Å². The highest BCUT2D eigenvalue weighted by atomic mass is 16.5. The van der Waals surface area contributed by atoms with E-state index in [1.54, 1.807) is 37.4 Å². The van der Waals surface area contributed by atoms with Crippen LogP contribution in [0.2, 0.25) is 0 Å². The summed E-state index contributed by atoms with van der Waals surface area (Å²) in [5.74, 6) is -0.702. The van der Waals surface area contributed by atoms with Gasteiger partial charge < -0.3 is 14.0 Å². The minimum Gasteiger partial charge on any atom is -0.465 e. The molecule has 0 amide bonds. The Morgan fingerprint density at radius 2 is 1.74 bits per heavy atom. The molecule has 160 valence electrons. The number of methoxy groups -OCH3 is 1. The van der Waals surface area contributed by atoms with Gasteiger partial charge in [-0.1, -0.05) is 6.07 Å². The SMILES string of the molecule is CCOC(=O)c1ccc(-n2c(C)cc(C=Nc3cccc(C(=O)OC)c3C)c2C)cc1. The van der Waals surface area contributed by atoms with Crippen molar-refractivity contribution in [3.63, 3.8) is 0 Å². The lowest BCUT2D eigenvalue weighted by Gasteiger charge is -2.10. The fraction of sp³-hybridized carbons (Fsp3) is 0.240. The molecule has 0 unspecified atom stereocenters. The quantitative estimate of drug-likeness (QED) is 0.412. The predicted molar refractivity (Wildman–Crippen MR) is 121 cm³/mol. The molecule has 6 heteroatoms. The normalized spacial score (nSPS) is 11.0. The zero-order valence-electron chi connectivity index (χ0n) is 18.4. The summed E-state index contributed by atoms with van der Waals surface area (Å²) < 4.78 is 12.0. The maximum absolute atomic E-state index is 11.9. The smallest absolute Gasteiger partial charge is 0.338 e. The van der Waals surface area contributed by atoms with E-state index in [9.17, 15) is 9.59 Å². The van der Waals surface area contributed by atoms with Crippen LogP contribution in [0.15, 0.2) is 53.5 Å². The van der Waals surface area contributed by atoms with Gasteiger partial charge >= 0.3 is 11.9 Å². The van der Waals surface area contributed by atoms with E-state index in [1.807, 2.05) is 39.0 Å². The van der Waals surface area contributed by atoms with Crippen molar-refractivity contribution in [1.29, 1.82) is 0 Å². The van der Waals surface area contributed by atoms with Crippen LogP contribution < -0.4 is 0 Å². The van der Waals surface area contributed by atoms with Gasteiger partial charge in [0.25, 0.3) is 0 Å². The zero-order chi connectivity index (χ0) is 22.5. The summed E-state index contributed by atoms with van der Waals surface area (Å²) in [5.41, 5.74) is 6.50. The second kappa shape index (κ2) is 9.43. The lowest BCUT2D eigenvalue weighted by atomic mass is 10.1. The Balaban J connectivity index is 1.91. The molecule has 0 bridgehead atoms. The first-order chi connectivity index (χ1) is 14.9. The maximum Gasteiger partial charge on any atom is 0.338 e. The second-order valence-electron chi connectivity index (χ2n) is 7.13. The number of hydrogen-bond acceptors (Lipinski definition) is 5. The Morgan fingerprint density at radius 3 is 2.39 bits per heavy atom. The Hall–Kier alpha value is -3.67. The first kappa shape index (κ1) is 22.0. The largest absolute Gasteiger partial charge is 0.465 e. The van der Waals surface area contributed by atoms with E-state index in [-0.39, 0.29) is 11.9 Å². The van der Waals surface area contributed by atoms with E-state index in [1.165, 1.54) is 7.11 Å². The molecule has 3 rings (SSSR count). The van der Waals surface area contributed by atoms with Crippen LogP contribution in [0.3, 0.4) is 0 Å². The van der Waals surface area contributed by atoms with Crippen molar-refractivity contribution in [3.8, 4) is 5.69 Å². The average Bonchev–Trinajstić information content (AvgIpc) is 3.05. The molecule has 0 radical (unpaired) electrons. The standard InChI is InChI=1S/C25H26N2O4/c1-6-31-24(28)19-10-12-21(13-11-19)27-16(2)14-20(18(27)4)15-26-23-9-7-8-22(17(23)3)25(29)30-5/h7-15H,6H2,1-5H3. The Morgan fingerprint density at radius 1 is 1.03 bits per heavy atom. The molecule has 0 spiro atoms. The predicted octanol–water partition coefficient (Wildman–Crippen LogP) is 5.12. The number of ether oxygens (including phenoxy) is 2. The highest BCUT2D eigenvalue weighted by molar-refractivity contribution is 5.93. The van der Waals surface area contributed by atoms with Gasteiger partial charge in [-0.05, 0) is 75.7 Å². The number of hydrogen-bond donors (Lipinski definition) is 0. The molecule has 31 heavy (non-hydrogen) atoms. The van der Waals surface area contributed by atoms with Gasteiger partial charge in [0.1, 0.15) is 0 Å². The van der Waals surface area contributed by atoms with Crippen molar-refractivity contribution < 1.29 is 19.1 Å². The molecular weight excluding hydrogens is 392 g/mol. The summed E-state index contributed by atoms with van der Waals surface area (Å²) in [4.78, 5) is 28.4. The first-order valence-electron chi connectivity index (χ1n) is 10.1. The molecule has 0 saturated heterocycles. The highest BCUT2D eigenvalue weighted by Gasteiger charge is 2.13. The van der Waals surface area contributed by atoms with Crippen molar-refractivity contribution in [1.82, 2.24) is 4.57 Å². The van der Waals surface area contributed by atoms with E-state index in [0.29, 0.717) is 23.4 Å². The van der Waals surface area contributed by atoms with Crippen LogP contribution in [-0.4, -0.2) is 36.4 Å². The van der Waals surface area contributed by atoms with Crippen LogP contribution in [0.1, 0.15) is 50.2 Å². The van der Waals surface area contributed by atoms with Gasteiger partial charge in [-0.2, -0.15) is 0 Å². The number of carbonyl (C=O) groups is 2. The Bertz CT molecular complexity index is 1140. The molecule has 0 N–H and O–H groups in total. The highest BCUT2D eigenvalue weighted by Crippen LogP contribution is 2.24. The molecule has 2 aromatic carbocycles. The van der Waals surface area contributed by atoms with Crippen LogP contribution in [0.4, 0.5) is 5.69 Å². The van der Waals surface area contributed by atoms with Crippen molar-refractivity contribution >= 4 is 23.8 Å². The molecule has 3 aromatic rings. The maximum atomic E-state index is 11.9. The first-order valence-corrected chi connectivity index (χ1v) is 10.1. The topological polar surface area (TPSA) is 69.9 Å². The molecule has 0 aliphatic carbocycles. The third-order valence-corrected chi connectivity index (χ3v) is 5.16. The van der Waals surface area contributed by atoms with Gasteiger partial charge in [0.2, 0.25) is 0 Å². The summed E-state index contributed by atoms with van der Waals surface area (Å²) in [6.45, 7) is 8.03. The minimum absolute atomic E-state index is 0.327. The van der Waals surface area contributed by atoms with Gasteiger partial charge in [-0.15, -0.1) is 0 Å². The third-order valence-electron chi connectivity index (χ3n) is 5.16. The molecule has 6 nitrogen and oxygen atoms in total. The van der Waals surface area contributed by atoms with Crippen molar-refractivity contribution in [2.24, 2.45) is 4.99 Å². The number of nitrogens with zero attached hydrogens (tertiary/aromatic N) is 2. The van der Waals surface area contributed by atoms with Crippen molar-refractivity contribution in [2.45, 2.75) is 27.7 Å². The summed E-state index contributed by atoms with van der Waals surface area (Å²) in [7, 11) is 1.37. The number of aliphatic imine (C=N–C) groups is 1. The number of benzene rings is 2. The molecule has 0 aliphatic heterocycles. The lowest BCUT2D eigenvalue weighted by molar-refractivity contribution is 0.0525. The minimum atomic E-state index is -0.376. The summed E-state index contributed by atoms with van der Waals surface area (Å²) in [5, 5.41) is 0. The fourth-order valence-corrected chi connectivity index (χ4v) is 3.51. The Kier molecular flexibility index (Phi) is 6.70. The van der Waals surface area contributed by atoms with Crippen LogP contribution in [0, 0.1) is 20.8 Å². The van der Waals surface area contributed by atoms with Gasteiger partial charge in [-0.3, -0.25) is 4.99 Å². The third kappa shape index (κ3) is 4.58. The van der Waals surface area contributed by atoms with Crippen molar-refractivity contribution in [2.75, 3.05) is 13.7 Å². The number of esters is 2. The van der Waals surface area contributed by atoms with Crippen molar-refractivity contribution in [3.05, 3.63) is 82.2 Å². The number of carbonyl (C=O) groups excluding carboxylic acids is 2. The van der Waals surface area contributed by atoms with Gasteiger partial charge in [0, 0.05) is 28.9 Å². The average molecular weight is 418 g/mol. The van der Waals surface area contributed by atoms with Gasteiger partial charge in [0.15, 0.2) is 0 Å². The molecule has 0 fully saturated rings. The van der Waals surface area contributed by atoms with Crippen LogP contribution >= 0.6 is 0 Å². The lowest BCUT2D eigenvalue weighted by Crippen LogP contribution is -2.05. The monoisotopic (exact) mass is 418 g/mol. The van der Waals surface area contributed by atoms with E-state index in [4.69, 9.17) is 9.47 Å². The fourth-order valence-electron chi connectivity index (χ4n) is 3.51. The molecule has 0 aliphatic rings. The second-order valence-corrected chi connectivity index (χ2v) is 7.13. The van der Waals surface area contributed by atoms with Crippen LogP contribution in [-0.2, 0) is 9.47 Å². The zero-order valence-corrected chi connectivity index (χ0v) is 18.4. The van der Waals surface area contributed by atoms with E-state index < -0.39 is 0 Å². The Labute approximate surface area is 182 Å². The van der Waals surface area contributed by atoms with Crippen LogP contribution in [0.5, 0.6) is 0 Å². The van der Waals surface area contributed by atoms with Gasteiger partial charge in [-0.25, -0.2) is 9.59 Å². The molecule has 0 saturated carbocycles. The summed E-state index contributed by atoms with van der Waals surface area (Å²) in [6.07, 6.45) is 1.80. The number of rotatable bonds is 6. The summed E-state index contributed by atoms with van der Waals surface area (Å²) >= 11 is 0. The summed E-state index contributed by atoms with van der Waals surface area (Å²) in [6, 6.07) is 14.8. The van der Waals surface area contributed by atoms with E-state index >= 15 is 0 Å². The van der Waals surface area contributed by atoms with E-state index in [2.05, 4.69) is 15.6 Å². The number of aromatic nitrogens is 1. The molecule has 0 atom stereocenters. The number of aryl methyl sites for hydroxylation is 1. The van der Waals surface area contributed by atoms with E-state index in [0.717, 1.165) is 28.2 Å². The molecule has 1 heterocycles. The molecular formula is C25H26N2O4. The van der Waals surface area contributed by atoms with Crippen LogP contribution in [0.25, 0.3) is 5.69 Å². The molecule has 1 aromatic heterocycles.